The molecule has 1 N–H and O–H groups in total. The van der Waals surface area contributed by atoms with Gasteiger partial charge < -0.3 is 29.0 Å². The zero-order valence-corrected chi connectivity index (χ0v) is 21.0. The van der Waals surface area contributed by atoms with Crippen LogP contribution in [0.3, 0.4) is 0 Å². The molecule has 4 rings (SSSR count). The highest BCUT2D eigenvalue weighted by Crippen LogP contribution is 2.48. The third-order valence-corrected chi connectivity index (χ3v) is 6.47. The third-order valence-electron chi connectivity index (χ3n) is 5.91. The molecule has 184 valence electrons. The van der Waals surface area contributed by atoms with Gasteiger partial charge in [-0.05, 0) is 48.0 Å². The van der Waals surface area contributed by atoms with Crippen molar-refractivity contribution in [1.29, 1.82) is 0 Å². The van der Waals surface area contributed by atoms with Crippen molar-refractivity contribution in [2.75, 3.05) is 33.0 Å². The van der Waals surface area contributed by atoms with Crippen LogP contribution in [0.1, 0.15) is 22.3 Å². The molecular weight excluding hydrogens is 493 g/mol. The molecule has 0 saturated carbocycles. The van der Waals surface area contributed by atoms with Gasteiger partial charge in [-0.3, -0.25) is 4.79 Å². The molecule has 1 unspecified atom stereocenters. The Hall–Kier alpha value is -2.81. The maximum absolute atomic E-state index is 13.9. The van der Waals surface area contributed by atoms with Crippen LogP contribution in [0.2, 0.25) is 10.0 Å². The van der Waals surface area contributed by atoms with E-state index in [9.17, 15) is 9.90 Å². The van der Waals surface area contributed by atoms with E-state index in [2.05, 4.69) is 0 Å². The van der Waals surface area contributed by atoms with Gasteiger partial charge in [0.2, 0.25) is 0 Å². The lowest BCUT2D eigenvalue weighted by atomic mass is 9.86. The van der Waals surface area contributed by atoms with Gasteiger partial charge in [0.05, 0.1) is 33.1 Å². The second-order valence-electron chi connectivity index (χ2n) is 8.01. The number of aliphatic hydroxyl groups is 1. The zero-order chi connectivity index (χ0) is 25.2. The Morgan fingerprint density at radius 3 is 2.46 bits per heavy atom. The van der Waals surface area contributed by atoms with E-state index in [1.54, 1.807) is 62.8 Å². The van der Waals surface area contributed by atoms with E-state index in [0.29, 0.717) is 27.8 Å². The lowest BCUT2D eigenvalue weighted by Gasteiger charge is -2.25. The molecule has 35 heavy (non-hydrogen) atoms. The fourth-order valence-electron chi connectivity index (χ4n) is 4.21. The van der Waals surface area contributed by atoms with E-state index in [4.69, 9.17) is 42.1 Å². The topological polar surface area (TPSA) is 77.5 Å². The number of carbonyl (C=O) groups excluding carboxylic acids is 1. The maximum atomic E-state index is 13.9. The van der Waals surface area contributed by atoms with Gasteiger partial charge in [-0.1, -0.05) is 29.3 Å². The highest BCUT2D eigenvalue weighted by molar-refractivity contribution is 6.32. The van der Waals surface area contributed by atoms with Crippen LogP contribution >= 0.6 is 23.2 Å². The maximum Gasteiger partial charge on any atom is 0.268 e. The number of methoxy groups -OCH3 is 3. The normalized spacial score (nSPS) is 17.0. The van der Waals surface area contributed by atoms with Gasteiger partial charge in [0.25, 0.3) is 5.91 Å². The van der Waals surface area contributed by atoms with Gasteiger partial charge in [0.1, 0.15) is 18.3 Å². The van der Waals surface area contributed by atoms with E-state index in [1.807, 2.05) is 6.07 Å². The first-order valence-corrected chi connectivity index (χ1v) is 11.5. The molecule has 0 saturated heterocycles. The van der Waals surface area contributed by atoms with Gasteiger partial charge in [-0.25, -0.2) is 0 Å². The minimum Gasteiger partial charge on any atom is -0.497 e. The summed E-state index contributed by atoms with van der Waals surface area (Å²) in [6.45, 7) is 0.478. The SMILES string of the molecule is COCOCc1ccc(Cl)c(C2(O)C(=O)N(Cc3ccc(OC)cc3OC)c3ccc(Cl)cc32)c1. The van der Waals surface area contributed by atoms with Crippen LogP contribution in [0.15, 0.2) is 54.6 Å². The monoisotopic (exact) mass is 517 g/mol. The average molecular weight is 518 g/mol. The highest BCUT2D eigenvalue weighted by atomic mass is 35.5. The molecule has 1 aliphatic rings. The van der Waals surface area contributed by atoms with Gasteiger partial charge in [0.15, 0.2) is 5.60 Å². The van der Waals surface area contributed by atoms with Gasteiger partial charge in [-0.2, -0.15) is 0 Å². The lowest BCUT2D eigenvalue weighted by molar-refractivity contribution is -0.132. The summed E-state index contributed by atoms with van der Waals surface area (Å²) in [5.41, 5.74) is 0.529. The number of ether oxygens (including phenoxy) is 4. The Bertz CT molecular complexity index is 1250. The molecule has 0 spiro atoms. The summed E-state index contributed by atoms with van der Waals surface area (Å²) in [7, 11) is 4.64. The largest absolute Gasteiger partial charge is 0.497 e. The van der Waals surface area contributed by atoms with Crippen molar-refractivity contribution in [3.05, 3.63) is 86.9 Å². The van der Waals surface area contributed by atoms with Crippen molar-refractivity contribution in [3.63, 3.8) is 0 Å². The average Bonchev–Trinajstić information content (AvgIpc) is 3.07. The first-order valence-electron chi connectivity index (χ1n) is 10.7. The van der Waals surface area contributed by atoms with Crippen molar-refractivity contribution in [1.82, 2.24) is 0 Å². The Morgan fingerprint density at radius 2 is 1.74 bits per heavy atom. The van der Waals surface area contributed by atoms with Crippen LogP contribution in [0, 0.1) is 0 Å². The summed E-state index contributed by atoms with van der Waals surface area (Å²) < 4.78 is 21.1. The molecule has 3 aromatic carbocycles. The van der Waals surface area contributed by atoms with E-state index in [0.717, 1.165) is 11.1 Å². The molecule has 0 radical (unpaired) electrons. The molecule has 7 nitrogen and oxygen atoms in total. The number of benzene rings is 3. The second-order valence-corrected chi connectivity index (χ2v) is 8.85. The molecule has 3 aromatic rings. The Balaban J connectivity index is 1.79. The standard InChI is InChI=1S/C26H25Cl2NO6/c1-32-15-35-14-16-4-8-22(28)20(10-16)26(31)21-11-18(27)6-9-23(21)29(25(26)30)13-17-5-7-19(33-2)12-24(17)34-3/h4-12,31H,13-15H2,1-3H3. The minimum atomic E-state index is -2.05. The molecule has 0 aromatic heterocycles. The molecular formula is C26H25Cl2NO6. The number of hydrogen-bond acceptors (Lipinski definition) is 6. The van der Waals surface area contributed by atoms with Crippen molar-refractivity contribution in [3.8, 4) is 11.5 Å². The van der Waals surface area contributed by atoms with E-state index in [1.165, 1.54) is 12.0 Å². The number of hydrogen-bond donors (Lipinski definition) is 1. The number of fused-ring (bicyclic) bond motifs is 1. The molecule has 9 heteroatoms. The fraction of sp³-hybridized carbons (Fsp3) is 0.269. The van der Waals surface area contributed by atoms with Gasteiger partial charge in [-0.15, -0.1) is 0 Å². The predicted octanol–water partition coefficient (Wildman–Crippen LogP) is 4.91. The van der Waals surface area contributed by atoms with Crippen LogP contribution < -0.4 is 14.4 Å². The highest BCUT2D eigenvalue weighted by Gasteiger charge is 2.52. The first kappa shape index (κ1) is 25.3. The number of nitrogens with zero attached hydrogens (tertiary/aromatic N) is 1. The Kier molecular flexibility index (Phi) is 7.54. The van der Waals surface area contributed by atoms with Crippen LogP contribution in [-0.4, -0.2) is 39.1 Å². The van der Waals surface area contributed by atoms with Crippen LogP contribution in [0.5, 0.6) is 11.5 Å². The number of carbonyl (C=O) groups is 1. The molecule has 0 aliphatic carbocycles. The molecule has 1 aliphatic heterocycles. The quantitative estimate of drug-likeness (QED) is 0.320. The molecule has 1 heterocycles. The summed E-state index contributed by atoms with van der Waals surface area (Å²) in [6.07, 6.45) is 0. The van der Waals surface area contributed by atoms with Crippen molar-refractivity contribution < 1.29 is 28.8 Å². The summed E-state index contributed by atoms with van der Waals surface area (Å²) in [5, 5.41) is 12.6. The first-order chi connectivity index (χ1) is 16.8. The predicted molar refractivity (Wildman–Crippen MR) is 133 cm³/mol. The van der Waals surface area contributed by atoms with Gasteiger partial charge >= 0.3 is 0 Å². The summed E-state index contributed by atoms with van der Waals surface area (Å²) in [6, 6.07) is 15.4. The van der Waals surface area contributed by atoms with Crippen molar-refractivity contribution >= 4 is 34.8 Å². The summed E-state index contributed by atoms with van der Waals surface area (Å²) >= 11 is 12.8. The van der Waals surface area contributed by atoms with E-state index in [-0.39, 0.29) is 30.5 Å². The van der Waals surface area contributed by atoms with Crippen LogP contribution in [0.4, 0.5) is 5.69 Å². The van der Waals surface area contributed by atoms with Gasteiger partial charge in [0, 0.05) is 39.9 Å². The van der Waals surface area contributed by atoms with Crippen LogP contribution in [-0.2, 0) is 33.0 Å². The Morgan fingerprint density at radius 1 is 0.943 bits per heavy atom. The number of rotatable bonds is 9. The van der Waals surface area contributed by atoms with Crippen molar-refractivity contribution in [2.24, 2.45) is 0 Å². The van der Waals surface area contributed by atoms with Crippen molar-refractivity contribution in [2.45, 2.75) is 18.8 Å². The summed E-state index contributed by atoms with van der Waals surface area (Å²) in [4.78, 5) is 15.4. The molecule has 0 bridgehead atoms. The number of anilines is 1. The number of halogens is 2. The van der Waals surface area contributed by atoms with E-state index >= 15 is 0 Å². The smallest absolute Gasteiger partial charge is 0.268 e. The molecule has 1 amide bonds. The van der Waals surface area contributed by atoms with E-state index < -0.39 is 11.5 Å². The second kappa shape index (κ2) is 10.4. The summed E-state index contributed by atoms with van der Waals surface area (Å²) in [5.74, 6) is 0.629. The zero-order valence-electron chi connectivity index (χ0n) is 19.5. The number of amides is 1. The Labute approximate surface area is 213 Å². The third kappa shape index (κ3) is 4.70. The lowest BCUT2D eigenvalue weighted by Crippen LogP contribution is -2.41. The molecule has 0 fully saturated rings. The minimum absolute atomic E-state index is 0.108. The van der Waals surface area contributed by atoms with Crippen LogP contribution in [0.25, 0.3) is 0 Å². The fourth-order valence-corrected chi connectivity index (χ4v) is 4.63. The molecule has 1 atom stereocenters.